The van der Waals surface area contributed by atoms with Crippen molar-refractivity contribution in [2.75, 3.05) is 0 Å². The van der Waals surface area contributed by atoms with Gasteiger partial charge in [0.25, 0.3) is 0 Å². The Bertz CT molecular complexity index is 405. The Hall–Kier alpha value is -0.780. The molecule has 2 aromatic rings. The Balaban J connectivity index is 2.35. The number of nitrogens with zero attached hydrogens (tertiary/aromatic N) is 2. The standard InChI is InChI=1S/C8H9N3S2/c1-5-2-3-6(12-5)8-11-10-7(4-9)13-8/h2-3H,4,9H2,1H3. The zero-order valence-corrected chi connectivity index (χ0v) is 8.78. The summed E-state index contributed by atoms with van der Waals surface area (Å²) in [6, 6.07) is 4.16. The van der Waals surface area contributed by atoms with Crippen LogP contribution in [0, 0.1) is 6.92 Å². The summed E-state index contributed by atoms with van der Waals surface area (Å²) < 4.78 is 0. The van der Waals surface area contributed by atoms with Crippen LogP contribution in [0.3, 0.4) is 0 Å². The highest BCUT2D eigenvalue weighted by molar-refractivity contribution is 7.21. The van der Waals surface area contributed by atoms with Crippen molar-refractivity contribution in [2.45, 2.75) is 13.5 Å². The molecular weight excluding hydrogens is 202 g/mol. The predicted octanol–water partition coefficient (Wildman–Crippen LogP) is 2.03. The van der Waals surface area contributed by atoms with Gasteiger partial charge in [0.1, 0.15) is 5.01 Å². The summed E-state index contributed by atoms with van der Waals surface area (Å²) in [6.07, 6.45) is 0. The van der Waals surface area contributed by atoms with E-state index in [1.54, 1.807) is 22.7 Å². The van der Waals surface area contributed by atoms with E-state index in [1.807, 2.05) is 0 Å². The first kappa shape index (κ1) is 8.80. The molecule has 0 spiro atoms. The molecular formula is C8H9N3S2. The molecule has 0 saturated carbocycles. The highest BCUT2D eigenvalue weighted by atomic mass is 32.1. The highest BCUT2D eigenvalue weighted by Crippen LogP contribution is 2.29. The Kier molecular flexibility index (Phi) is 2.39. The minimum absolute atomic E-state index is 0.474. The van der Waals surface area contributed by atoms with E-state index in [1.165, 1.54) is 9.75 Å². The molecule has 0 amide bonds. The second kappa shape index (κ2) is 3.53. The minimum atomic E-state index is 0.474. The first-order valence-corrected chi connectivity index (χ1v) is 5.52. The zero-order chi connectivity index (χ0) is 9.26. The lowest BCUT2D eigenvalue weighted by Crippen LogP contribution is -1.94. The van der Waals surface area contributed by atoms with Crippen LogP contribution < -0.4 is 5.73 Å². The molecule has 0 radical (unpaired) electrons. The molecule has 0 saturated heterocycles. The molecule has 2 aromatic heterocycles. The van der Waals surface area contributed by atoms with Crippen molar-refractivity contribution in [3.8, 4) is 9.88 Å². The largest absolute Gasteiger partial charge is 0.324 e. The van der Waals surface area contributed by atoms with Crippen LogP contribution >= 0.6 is 22.7 Å². The molecule has 0 bridgehead atoms. The topological polar surface area (TPSA) is 51.8 Å². The van der Waals surface area contributed by atoms with Gasteiger partial charge in [-0.05, 0) is 19.1 Å². The van der Waals surface area contributed by atoms with Gasteiger partial charge in [0, 0.05) is 11.4 Å². The van der Waals surface area contributed by atoms with Gasteiger partial charge in [-0.2, -0.15) is 0 Å². The van der Waals surface area contributed by atoms with E-state index < -0.39 is 0 Å². The summed E-state index contributed by atoms with van der Waals surface area (Å²) >= 11 is 3.29. The van der Waals surface area contributed by atoms with Crippen LogP contribution in [0.5, 0.6) is 0 Å². The second-order valence-electron chi connectivity index (χ2n) is 2.62. The van der Waals surface area contributed by atoms with Crippen molar-refractivity contribution in [1.29, 1.82) is 0 Å². The van der Waals surface area contributed by atoms with Crippen LogP contribution in [-0.4, -0.2) is 10.2 Å². The lowest BCUT2D eigenvalue weighted by molar-refractivity contribution is 0.961. The smallest absolute Gasteiger partial charge is 0.157 e. The van der Waals surface area contributed by atoms with Gasteiger partial charge in [0.15, 0.2) is 5.01 Å². The Morgan fingerprint density at radius 3 is 2.69 bits per heavy atom. The minimum Gasteiger partial charge on any atom is -0.324 e. The first-order valence-electron chi connectivity index (χ1n) is 3.89. The molecule has 0 atom stereocenters. The van der Waals surface area contributed by atoms with Crippen LogP contribution in [0.1, 0.15) is 9.88 Å². The second-order valence-corrected chi connectivity index (χ2v) is 4.97. The van der Waals surface area contributed by atoms with Crippen molar-refractivity contribution >= 4 is 22.7 Å². The summed E-state index contributed by atoms with van der Waals surface area (Å²) in [4.78, 5) is 2.47. The lowest BCUT2D eigenvalue weighted by atomic mass is 10.4. The Morgan fingerprint density at radius 2 is 2.15 bits per heavy atom. The molecule has 0 aliphatic rings. The lowest BCUT2D eigenvalue weighted by Gasteiger charge is -1.84. The molecule has 0 unspecified atom stereocenters. The van der Waals surface area contributed by atoms with E-state index in [0.717, 1.165) is 10.0 Å². The van der Waals surface area contributed by atoms with Gasteiger partial charge in [-0.15, -0.1) is 21.5 Å². The molecule has 2 N–H and O–H groups in total. The van der Waals surface area contributed by atoms with E-state index in [-0.39, 0.29) is 0 Å². The summed E-state index contributed by atoms with van der Waals surface area (Å²) in [5, 5.41) is 9.90. The molecule has 5 heteroatoms. The Labute approximate surface area is 84.2 Å². The number of thiophene rings is 1. The normalized spacial score (nSPS) is 10.6. The van der Waals surface area contributed by atoms with Crippen LogP contribution in [0.15, 0.2) is 12.1 Å². The van der Waals surface area contributed by atoms with E-state index in [9.17, 15) is 0 Å². The average molecular weight is 211 g/mol. The number of hydrogen-bond acceptors (Lipinski definition) is 5. The van der Waals surface area contributed by atoms with Crippen molar-refractivity contribution in [1.82, 2.24) is 10.2 Å². The van der Waals surface area contributed by atoms with E-state index in [2.05, 4.69) is 29.3 Å². The zero-order valence-electron chi connectivity index (χ0n) is 7.15. The van der Waals surface area contributed by atoms with Gasteiger partial charge in [0.05, 0.1) is 4.88 Å². The summed E-state index contributed by atoms with van der Waals surface area (Å²) in [7, 11) is 0. The van der Waals surface area contributed by atoms with E-state index >= 15 is 0 Å². The number of aromatic nitrogens is 2. The highest BCUT2D eigenvalue weighted by Gasteiger charge is 2.06. The quantitative estimate of drug-likeness (QED) is 0.827. The molecule has 68 valence electrons. The maximum absolute atomic E-state index is 5.46. The molecule has 3 nitrogen and oxygen atoms in total. The molecule has 0 aliphatic carbocycles. The first-order chi connectivity index (χ1) is 6.29. The van der Waals surface area contributed by atoms with Gasteiger partial charge < -0.3 is 5.73 Å². The third kappa shape index (κ3) is 1.77. The van der Waals surface area contributed by atoms with Crippen molar-refractivity contribution in [2.24, 2.45) is 5.73 Å². The van der Waals surface area contributed by atoms with Crippen molar-refractivity contribution < 1.29 is 0 Å². The van der Waals surface area contributed by atoms with Crippen molar-refractivity contribution in [3.63, 3.8) is 0 Å². The monoisotopic (exact) mass is 211 g/mol. The van der Waals surface area contributed by atoms with Gasteiger partial charge >= 0.3 is 0 Å². The summed E-state index contributed by atoms with van der Waals surface area (Å²) in [5.74, 6) is 0. The van der Waals surface area contributed by atoms with E-state index in [4.69, 9.17) is 5.73 Å². The molecule has 0 fully saturated rings. The number of hydrogen-bond donors (Lipinski definition) is 1. The van der Waals surface area contributed by atoms with E-state index in [0.29, 0.717) is 6.54 Å². The fourth-order valence-corrected chi connectivity index (χ4v) is 2.62. The van der Waals surface area contributed by atoms with Gasteiger partial charge in [0.2, 0.25) is 0 Å². The van der Waals surface area contributed by atoms with Crippen molar-refractivity contribution in [3.05, 3.63) is 22.0 Å². The molecule has 2 rings (SSSR count). The molecule has 0 aromatic carbocycles. The maximum Gasteiger partial charge on any atom is 0.157 e. The van der Waals surface area contributed by atoms with Crippen LogP contribution in [-0.2, 0) is 6.54 Å². The average Bonchev–Trinajstić information content (AvgIpc) is 2.71. The van der Waals surface area contributed by atoms with Crippen LogP contribution in [0.2, 0.25) is 0 Å². The van der Waals surface area contributed by atoms with Crippen LogP contribution in [0.25, 0.3) is 9.88 Å². The fraction of sp³-hybridized carbons (Fsp3) is 0.250. The predicted molar refractivity (Wildman–Crippen MR) is 55.9 cm³/mol. The fourth-order valence-electron chi connectivity index (χ4n) is 0.985. The van der Waals surface area contributed by atoms with Gasteiger partial charge in [-0.3, -0.25) is 0 Å². The van der Waals surface area contributed by atoms with Gasteiger partial charge in [-0.25, -0.2) is 0 Å². The molecule has 13 heavy (non-hydrogen) atoms. The molecule has 0 aliphatic heterocycles. The maximum atomic E-state index is 5.46. The Morgan fingerprint density at radius 1 is 1.31 bits per heavy atom. The summed E-state index contributed by atoms with van der Waals surface area (Å²) in [6.45, 7) is 2.56. The SMILES string of the molecule is Cc1ccc(-c2nnc(CN)s2)s1. The number of aryl methyl sites for hydroxylation is 1. The molecule has 2 heterocycles. The van der Waals surface area contributed by atoms with Crippen LogP contribution in [0.4, 0.5) is 0 Å². The third-order valence-corrected chi connectivity index (χ3v) is 3.71. The summed E-state index contributed by atoms with van der Waals surface area (Å²) in [5.41, 5.74) is 5.46. The number of nitrogens with two attached hydrogens (primary N) is 1. The third-order valence-electron chi connectivity index (χ3n) is 1.59. The van der Waals surface area contributed by atoms with Gasteiger partial charge in [-0.1, -0.05) is 11.3 Å². The number of rotatable bonds is 2.